The maximum absolute atomic E-state index is 12.5. The third kappa shape index (κ3) is 3.59. The van der Waals surface area contributed by atoms with Crippen LogP contribution in [0.2, 0.25) is 0 Å². The van der Waals surface area contributed by atoms with Crippen molar-refractivity contribution >= 4 is 17.6 Å². The monoisotopic (exact) mass is 299 g/mol. The van der Waals surface area contributed by atoms with Crippen LogP contribution in [0.1, 0.15) is 11.3 Å². The van der Waals surface area contributed by atoms with Gasteiger partial charge in [-0.2, -0.15) is 18.3 Å². The van der Waals surface area contributed by atoms with Gasteiger partial charge in [0.05, 0.1) is 23.0 Å². The lowest BCUT2D eigenvalue weighted by molar-refractivity contribution is -0.384. The van der Waals surface area contributed by atoms with Gasteiger partial charge in [0.25, 0.3) is 5.69 Å². The van der Waals surface area contributed by atoms with E-state index >= 15 is 0 Å². The minimum Gasteiger partial charge on any atom is -0.463 e. The zero-order valence-corrected chi connectivity index (χ0v) is 10.3. The Balaban J connectivity index is 2.25. The summed E-state index contributed by atoms with van der Waals surface area (Å²) in [7, 11) is 0. The highest BCUT2D eigenvalue weighted by atomic mass is 19.4. The molecule has 0 saturated heterocycles. The van der Waals surface area contributed by atoms with E-state index in [1.54, 1.807) is 12.1 Å². The van der Waals surface area contributed by atoms with Crippen LogP contribution < -0.4 is 5.43 Å². The van der Waals surface area contributed by atoms with E-state index in [1.807, 2.05) is 0 Å². The van der Waals surface area contributed by atoms with Crippen LogP contribution in [0.25, 0.3) is 0 Å². The fraction of sp³-hybridized carbons (Fsp3) is 0.0833. The Morgan fingerprint density at radius 1 is 1.33 bits per heavy atom. The summed E-state index contributed by atoms with van der Waals surface area (Å²) in [4.78, 5) is 9.90. The van der Waals surface area contributed by atoms with Crippen molar-refractivity contribution in [2.24, 2.45) is 5.10 Å². The van der Waals surface area contributed by atoms with Gasteiger partial charge in [-0.1, -0.05) is 0 Å². The summed E-state index contributed by atoms with van der Waals surface area (Å²) in [5.74, 6) is 0.386. The predicted octanol–water partition coefficient (Wildman–Crippen LogP) is 3.65. The number of benzene rings is 1. The van der Waals surface area contributed by atoms with Crippen LogP contribution in [-0.4, -0.2) is 11.1 Å². The van der Waals surface area contributed by atoms with Gasteiger partial charge in [-0.3, -0.25) is 15.5 Å². The molecule has 6 nitrogen and oxygen atoms in total. The summed E-state index contributed by atoms with van der Waals surface area (Å²) >= 11 is 0. The average Bonchev–Trinajstić information content (AvgIpc) is 2.90. The van der Waals surface area contributed by atoms with Crippen molar-refractivity contribution in [3.05, 3.63) is 58.0 Å². The van der Waals surface area contributed by atoms with Gasteiger partial charge in [-0.25, -0.2) is 0 Å². The number of nitro benzene ring substituents is 1. The van der Waals surface area contributed by atoms with E-state index in [0.717, 1.165) is 12.1 Å². The molecule has 110 valence electrons. The van der Waals surface area contributed by atoms with Gasteiger partial charge in [0.15, 0.2) is 0 Å². The quantitative estimate of drug-likeness (QED) is 0.531. The minimum absolute atomic E-state index is 0.157. The van der Waals surface area contributed by atoms with Gasteiger partial charge in [-0.15, -0.1) is 0 Å². The first-order valence-electron chi connectivity index (χ1n) is 5.56. The number of hydrogen-bond acceptors (Lipinski definition) is 5. The highest BCUT2D eigenvalue weighted by molar-refractivity contribution is 5.77. The molecule has 0 aliphatic heterocycles. The summed E-state index contributed by atoms with van der Waals surface area (Å²) < 4.78 is 42.5. The SMILES string of the molecule is O=[N+]([O-])c1cc(C(F)(F)F)ccc1N/N=C\c1ccco1. The van der Waals surface area contributed by atoms with Crippen molar-refractivity contribution in [3.63, 3.8) is 0 Å². The van der Waals surface area contributed by atoms with Crippen LogP contribution in [0.5, 0.6) is 0 Å². The number of anilines is 1. The van der Waals surface area contributed by atoms with Crippen molar-refractivity contribution in [2.45, 2.75) is 6.18 Å². The zero-order chi connectivity index (χ0) is 15.5. The van der Waals surface area contributed by atoms with Gasteiger partial charge in [0.2, 0.25) is 0 Å². The second-order valence-corrected chi connectivity index (χ2v) is 3.87. The largest absolute Gasteiger partial charge is 0.463 e. The summed E-state index contributed by atoms with van der Waals surface area (Å²) in [6.07, 6.45) is -2.01. The number of halogens is 3. The molecule has 0 fully saturated rings. The van der Waals surface area contributed by atoms with Crippen molar-refractivity contribution in [1.29, 1.82) is 0 Å². The van der Waals surface area contributed by atoms with Crippen LogP contribution in [0.15, 0.2) is 46.1 Å². The van der Waals surface area contributed by atoms with E-state index in [4.69, 9.17) is 4.42 Å². The molecule has 1 N–H and O–H groups in total. The number of nitrogens with one attached hydrogen (secondary N) is 1. The van der Waals surface area contributed by atoms with Gasteiger partial charge in [0.1, 0.15) is 11.4 Å². The van der Waals surface area contributed by atoms with Crippen LogP contribution in [-0.2, 0) is 6.18 Å². The Bertz CT molecular complexity index is 666. The Morgan fingerprint density at radius 2 is 2.10 bits per heavy atom. The molecule has 21 heavy (non-hydrogen) atoms. The van der Waals surface area contributed by atoms with E-state index in [1.165, 1.54) is 12.5 Å². The number of nitro groups is 1. The molecule has 1 aromatic heterocycles. The molecule has 9 heteroatoms. The Kier molecular flexibility index (Phi) is 3.92. The number of alkyl halides is 3. The van der Waals surface area contributed by atoms with Gasteiger partial charge < -0.3 is 4.42 Å². The second kappa shape index (κ2) is 5.65. The topological polar surface area (TPSA) is 80.7 Å². The number of nitrogens with zero attached hydrogens (tertiary/aromatic N) is 2. The van der Waals surface area contributed by atoms with Crippen LogP contribution in [0.3, 0.4) is 0 Å². The molecule has 0 saturated carbocycles. The van der Waals surface area contributed by atoms with E-state index < -0.39 is 22.4 Å². The first kappa shape index (κ1) is 14.6. The number of furan rings is 1. The van der Waals surface area contributed by atoms with Crippen LogP contribution >= 0.6 is 0 Å². The lowest BCUT2D eigenvalue weighted by Crippen LogP contribution is -2.06. The fourth-order valence-corrected chi connectivity index (χ4v) is 1.48. The number of hydrogen-bond donors (Lipinski definition) is 1. The molecule has 2 rings (SSSR count). The van der Waals surface area contributed by atoms with Crippen LogP contribution in [0.4, 0.5) is 24.5 Å². The lowest BCUT2D eigenvalue weighted by atomic mass is 10.1. The zero-order valence-electron chi connectivity index (χ0n) is 10.3. The Hall–Kier alpha value is -2.84. The molecule has 0 unspecified atom stereocenters. The van der Waals surface area contributed by atoms with Crippen molar-refractivity contribution in [1.82, 2.24) is 0 Å². The molecule has 0 aliphatic carbocycles. The molecule has 1 aromatic carbocycles. The third-order valence-electron chi connectivity index (χ3n) is 2.44. The highest BCUT2D eigenvalue weighted by Gasteiger charge is 2.33. The summed E-state index contributed by atoms with van der Waals surface area (Å²) in [6, 6.07) is 5.33. The summed E-state index contributed by atoms with van der Waals surface area (Å²) in [6.45, 7) is 0. The maximum atomic E-state index is 12.5. The molecule has 0 spiro atoms. The molecule has 0 aliphatic rings. The second-order valence-electron chi connectivity index (χ2n) is 3.87. The van der Waals surface area contributed by atoms with E-state index in [-0.39, 0.29) is 5.69 Å². The van der Waals surface area contributed by atoms with Crippen molar-refractivity contribution < 1.29 is 22.5 Å². The predicted molar refractivity (Wildman–Crippen MR) is 68.0 cm³/mol. The first-order chi connectivity index (χ1) is 9.88. The number of hydrazone groups is 1. The fourth-order valence-electron chi connectivity index (χ4n) is 1.48. The normalized spacial score (nSPS) is 11.8. The van der Waals surface area contributed by atoms with Gasteiger partial charge >= 0.3 is 6.18 Å². The molecular weight excluding hydrogens is 291 g/mol. The van der Waals surface area contributed by atoms with Crippen molar-refractivity contribution in [2.75, 3.05) is 5.43 Å². The molecule has 0 atom stereocenters. The molecule has 1 heterocycles. The molecule has 0 radical (unpaired) electrons. The first-order valence-corrected chi connectivity index (χ1v) is 5.56. The van der Waals surface area contributed by atoms with E-state index in [9.17, 15) is 23.3 Å². The lowest BCUT2D eigenvalue weighted by Gasteiger charge is -2.08. The average molecular weight is 299 g/mol. The summed E-state index contributed by atoms with van der Waals surface area (Å²) in [5.41, 5.74) is 0.332. The third-order valence-corrected chi connectivity index (χ3v) is 2.44. The van der Waals surface area contributed by atoms with Gasteiger partial charge in [0, 0.05) is 6.07 Å². The molecule has 0 bridgehead atoms. The maximum Gasteiger partial charge on any atom is 0.416 e. The minimum atomic E-state index is -4.65. The molecule has 2 aromatic rings. The van der Waals surface area contributed by atoms with Crippen LogP contribution in [0, 0.1) is 10.1 Å². The van der Waals surface area contributed by atoms with Crippen molar-refractivity contribution in [3.8, 4) is 0 Å². The smallest absolute Gasteiger partial charge is 0.416 e. The van der Waals surface area contributed by atoms with E-state index in [2.05, 4.69) is 10.5 Å². The standard InChI is InChI=1S/C12H8F3N3O3/c13-12(14,15)8-3-4-10(11(6-8)18(19)20)17-16-7-9-2-1-5-21-9/h1-7,17H/b16-7-. The highest BCUT2D eigenvalue weighted by Crippen LogP contribution is 2.34. The number of rotatable bonds is 4. The molecular formula is C12H8F3N3O3. The van der Waals surface area contributed by atoms with E-state index in [0.29, 0.717) is 11.8 Å². The summed E-state index contributed by atoms with van der Waals surface area (Å²) in [5, 5.41) is 14.5. The van der Waals surface area contributed by atoms with Gasteiger partial charge in [-0.05, 0) is 24.3 Å². The Labute approximate surface area is 116 Å². The molecule has 0 amide bonds. The Morgan fingerprint density at radius 3 is 2.67 bits per heavy atom.